The molecule has 0 aliphatic carbocycles. The molecular weight excluding hydrogens is 414 g/mol. The van der Waals surface area contributed by atoms with E-state index in [0.717, 1.165) is 22.0 Å². The Balaban J connectivity index is 1.56. The van der Waals surface area contributed by atoms with E-state index in [0.29, 0.717) is 23.7 Å². The molecule has 8 heteroatoms. The van der Waals surface area contributed by atoms with Crippen molar-refractivity contribution in [1.82, 2.24) is 4.98 Å². The first-order valence-corrected chi connectivity index (χ1v) is 10.9. The molecule has 1 aliphatic rings. The van der Waals surface area contributed by atoms with Crippen LogP contribution in [0.5, 0.6) is 11.5 Å². The Morgan fingerprint density at radius 3 is 2.71 bits per heavy atom. The zero-order valence-corrected chi connectivity index (χ0v) is 18.4. The summed E-state index contributed by atoms with van der Waals surface area (Å²) in [5.74, 6) is 0.738. The van der Waals surface area contributed by atoms with Crippen LogP contribution < -0.4 is 19.7 Å². The van der Waals surface area contributed by atoms with Gasteiger partial charge in [0.25, 0.3) is 5.91 Å². The molecule has 1 N–H and O–H groups in total. The normalized spacial score (nSPS) is 15.3. The van der Waals surface area contributed by atoms with Crippen LogP contribution in [0.4, 0.5) is 11.4 Å². The van der Waals surface area contributed by atoms with Crippen LogP contribution in [-0.4, -0.2) is 36.1 Å². The largest absolute Gasteiger partial charge is 0.494 e. The predicted molar refractivity (Wildman–Crippen MR) is 121 cm³/mol. The SMILES string of the molecule is CCOc1ccc(NC(=O)CN2C(=O)C(C)Oc3ccc(-c4csc(C)n4)cc32)cc1. The first-order valence-electron chi connectivity index (χ1n) is 10.0. The molecule has 0 saturated carbocycles. The van der Waals surface area contributed by atoms with Crippen molar-refractivity contribution in [3.8, 4) is 22.8 Å². The summed E-state index contributed by atoms with van der Waals surface area (Å²) in [6, 6.07) is 12.7. The summed E-state index contributed by atoms with van der Waals surface area (Å²) in [6.07, 6.45) is -0.668. The first-order chi connectivity index (χ1) is 14.9. The van der Waals surface area contributed by atoms with E-state index < -0.39 is 6.10 Å². The number of rotatable bonds is 6. The fraction of sp³-hybridized carbons (Fsp3) is 0.261. The summed E-state index contributed by atoms with van der Waals surface area (Å²) in [5, 5.41) is 5.76. The molecule has 1 aromatic heterocycles. The average Bonchev–Trinajstić information content (AvgIpc) is 3.19. The lowest BCUT2D eigenvalue weighted by Crippen LogP contribution is -2.47. The highest BCUT2D eigenvalue weighted by molar-refractivity contribution is 7.09. The molecular formula is C23H23N3O4S. The highest BCUT2D eigenvalue weighted by Crippen LogP contribution is 2.37. The van der Waals surface area contributed by atoms with Gasteiger partial charge in [0, 0.05) is 16.6 Å². The Morgan fingerprint density at radius 1 is 1.26 bits per heavy atom. The van der Waals surface area contributed by atoms with Crippen LogP contribution in [-0.2, 0) is 9.59 Å². The van der Waals surface area contributed by atoms with Gasteiger partial charge < -0.3 is 14.8 Å². The van der Waals surface area contributed by atoms with Gasteiger partial charge in [0.1, 0.15) is 18.0 Å². The lowest BCUT2D eigenvalue weighted by atomic mass is 10.1. The number of nitrogens with one attached hydrogen (secondary N) is 1. The maximum absolute atomic E-state index is 12.8. The molecule has 2 heterocycles. The number of nitrogens with zero attached hydrogens (tertiary/aromatic N) is 2. The van der Waals surface area contributed by atoms with Crippen molar-refractivity contribution < 1.29 is 19.1 Å². The number of amides is 2. The van der Waals surface area contributed by atoms with Gasteiger partial charge in [-0.15, -0.1) is 11.3 Å². The zero-order valence-electron chi connectivity index (χ0n) is 17.5. The quantitative estimate of drug-likeness (QED) is 0.623. The number of anilines is 2. The molecule has 7 nitrogen and oxygen atoms in total. The molecule has 0 spiro atoms. The molecule has 160 valence electrons. The third-order valence-corrected chi connectivity index (χ3v) is 5.61. The fourth-order valence-corrected chi connectivity index (χ4v) is 3.99. The van der Waals surface area contributed by atoms with Crippen LogP contribution in [0.3, 0.4) is 0 Å². The van der Waals surface area contributed by atoms with Crippen LogP contribution in [0.25, 0.3) is 11.3 Å². The van der Waals surface area contributed by atoms with Crippen molar-refractivity contribution in [2.75, 3.05) is 23.4 Å². The maximum Gasteiger partial charge on any atom is 0.268 e. The summed E-state index contributed by atoms with van der Waals surface area (Å²) >= 11 is 1.56. The molecule has 0 bridgehead atoms. The highest BCUT2D eigenvalue weighted by atomic mass is 32.1. The van der Waals surface area contributed by atoms with Gasteiger partial charge in [0.15, 0.2) is 6.10 Å². The summed E-state index contributed by atoms with van der Waals surface area (Å²) < 4.78 is 11.2. The minimum Gasteiger partial charge on any atom is -0.494 e. The Morgan fingerprint density at radius 2 is 2.03 bits per heavy atom. The van der Waals surface area contributed by atoms with Crippen molar-refractivity contribution in [2.24, 2.45) is 0 Å². The molecule has 1 unspecified atom stereocenters. The summed E-state index contributed by atoms with van der Waals surface area (Å²) in [4.78, 5) is 31.5. The molecule has 0 fully saturated rings. The lowest BCUT2D eigenvalue weighted by Gasteiger charge is -2.32. The van der Waals surface area contributed by atoms with E-state index >= 15 is 0 Å². The number of hydrogen-bond acceptors (Lipinski definition) is 6. The Bertz CT molecular complexity index is 1110. The van der Waals surface area contributed by atoms with Gasteiger partial charge in [0.2, 0.25) is 5.91 Å². The third kappa shape index (κ3) is 4.54. The molecule has 2 aromatic carbocycles. The summed E-state index contributed by atoms with van der Waals surface area (Å²) in [7, 11) is 0. The monoisotopic (exact) mass is 437 g/mol. The molecule has 4 rings (SSSR count). The van der Waals surface area contributed by atoms with Gasteiger partial charge in [-0.3, -0.25) is 14.5 Å². The molecule has 2 amide bonds. The molecule has 1 aliphatic heterocycles. The van der Waals surface area contributed by atoms with E-state index in [9.17, 15) is 9.59 Å². The number of aryl methyl sites for hydroxylation is 1. The Hall–Kier alpha value is -3.39. The van der Waals surface area contributed by atoms with Crippen molar-refractivity contribution in [1.29, 1.82) is 0 Å². The topological polar surface area (TPSA) is 80.8 Å². The second-order valence-electron chi connectivity index (χ2n) is 7.12. The van der Waals surface area contributed by atoms with Crippen molar-refractivity contribution in [3.63, 3.8) is 0 Å². The van der Waals surface area contributed by atoms with E-state index in [1.807, 2.05) is 37.4 Å². The molecule has 1 atom stereocenters. The number of fused-ring (bicyclic) bond motifs is 1. The van der Waals surface area contributed by atoms with Crippen molar-refractivity contribution in [3.05, 3.63) is 52.9 Å². The number of thiazole rings is 1. The van der Waals surface area contributed by atoms with Crippen LogP contribution >= 0.6 is 11.3 Å². The minimum absolute atomic E-state index is 0.119. The number of benzene rings is 2. The van der Waals surface area contributed by atoms with Crippen molar-refractivity contribution in [2.45, 2.75) is 26.9 Å². The smallest absolute Gasteiger partial charge is 0.268 e. The maximum atomic E-state index is 12.8. The zero-order chi connectivity index (χ0) is 22.0. The molecule has 31 heavy (non-hydrogen) atoms. The number of ether oxygens (including phenoxy) is 2. The Kier molecular flexibility index (Phi) is 5.90. The van der Waals surface area contributed by atoms with Crippen LogP contribution in [0.1, 0.15) is 18.9 Å². The van der Waals surface area contributed by atoms with Gasteiger partial charge in [-0.05, 0) is 63.2 Å². The molecule has 0 radical (unpaired) electrons. The molecule has 0 saturated heterocycles. The van der Waals surface area contributed by atoms with E-state index in [1.54, 1.807) is 42.5 Å². The van der Waals surface area contributed by atoms with Crippen LogP contribution in [0.2, 0.25) is 0 Å². The number of hydrogen-bond donors (Lipinski definition) is 1. The van der Waals surface area contributed by atoms with E-state index in [-0.39, 0.29) is 18.4 Å². The Labute approximate surface area is 184 Å². The van der Waals surface area contributed by atoms with Crippen molar-refractivity contribution >= 4 is 34.5 Å². The molecule has 3 aromatic rings. The van der Waals surface area contributed by atoms with Gasteiger partial charge >= 0.3 is 0 Å². The fourth-order valence-electron chi connectivity index (χ4n) is 3.37. The second-order valence-corrected chi connectivity index (χ2v) is 8.19. The third-order valence-electron chi connectivity index (χ3n) is 4.83. The number of carbonyl (C=O) groups is 2. The van der Waals surface area contributed by atoms with Gasteiger partial charge in [-0.2, -0.15) is 0 Å². The van der Waals surface area contributed by atoms with Gasteiger partial charge in [-0.25, -0.2) is 4.98 Å². The minimum atomic E-state index is -0.668. The standard InChI is InChI=1S/C23H23N3O4S/c1-4-29-18-8-6-17(7-9-18)25-22(27)12-26-20-11-16(19-13-31-15(3)24-19)5-10-21(20)30-14(2)23(26)28/h5-11,13-14H,4,12H2,1-3H3,(H,25,27). The van der Waals surface area contributed by atoms with Crippen LogP contribution in [0, 0.1) is 6.92 Å². The first kappa shape index (κ1) is 20.9. The lowest BCUT2D eigenvalue weighted by molar-refractivity contribution is -0.127. The second kappa shape index (κ2) is 8.77. The van der Waals surface area contributed by atoms with E-state index in [4.69, 9.17) is 9.47 Å². The average molecular weight is 438 g/mol. The summed E-state index contributed by atoms with van der Waals surface area (Å²) in [5.41, 5.74) is 2.89. The van der Waals surface area contributed by atoms with E-state index in [2.05, 4.69) is 10.3 Å². The number of carbonyl (C=O) groups excluding carboxylic acids is 2. The van der Waals surface area contributed by atoms with Crippen LogP contribution in [0.15, 0.2) is 47.8 Å². The predicted octanol–water partition coefficient (Wildman–Crippen LogP) is 4.27. The highest BCUT2D eigenvalue weighted by Gasteiger charge is 2.33. The number of aromatic nitrogens is 1. The van der Waals surface area contributed by atoms with Gasteiger partial charge in [-0.1, -0.05) is 0 Å². The summed E-state index contributed by atoms with van der Waals surface area (Å²) in [6.45, 7) is 5.99. The van der Waals surface area contributed by atoms with Gasteiger partial charge in [0.05, 0.1) is 23.0 Å². The van der Waals surface area contributed by atoms with E-state index in [1.165, 1.54) is 4.90 Å².